The molecule has 2 aliphatic rings. The standard InChI is InChI=1S/C15H21BrN2O/c1-17-9-10-2-5-15(14(16)6-10)18-11-3-4-12(18)8-13(19)7-11/h2,5-6,11-13,17,19H,3-4,7-9H2,1H3. The van der Waals surface area contributed by atoms with Gasteiger partial charge in [0.25, 0.3) is 0 Å². The molecule has 1 aromatic rings. The number of piperidine rings is 1. The number of anilines is 1. The summed E-state index contributed by atoms with van der Waals surface area (Å²) < 4.78 is 1.17. The van der Waals surface area contributed by atoms with Gasteiger partial charge in [-0.15, -0.1) is 0 Å². The summed E-state index contributed by atoms with van der Waals surface area (Å²) in [6.07, 6.45) is 4.16. The van der Waals surface area contributed by atoms with E-state index in [0.29, 0.717) is 12.1 Å². The Kier molecular flexibility index (Phi) is 3.83. The molecular formula is C15H21BrN2O. The van der Waals surface area contributed by atoms with Crippen LogP contribution < -0.4 is 10.2 Å². The van der Waals surface area contributed by atoms with Gasteiger partial charge < -0.3 is 15.3 Å². The zero-order valence-corrected chi connectivity index (χ0v) is 12.9. The predicted octanol–water partition coefficient (Wildman–Crippen LogP) is 2.66. The highest BCUT2D eigenvalue weighted by atomic mass is 79.9. The van der Waals surface area contributed by atoms with Gasteiger partial charge in [-0.25, -0.2) is 0 Å². The number of fused-ring (bicyclic) bond motifs is 2. The molecule has 0 spiro atoms. The Morgan fingerprint density at radius 2 is 2.00 bits per heavy atom. The number of rotatable bonds is 3. The van der Waals surface area contributed by atoms with E-state index in [4.69, 9.17) is 0 Å². The summed E-state index contributed by atoms with van der Waals surface area (Å²) in [5.74, 6) is 0. The monoisotopic (exact) mass is 324 g/mol. The number of aliphatic hydroxyl groups excluding tert-OH is 1. The third-order valence-corrected chi connectivity index (χ3v) is 5.01. The zero-order chi connectivity index (χ0) is 13.4. The molecule has 2 heterocycles. The fraction of sp³-hybridized carbons (Fsp3) is 0.600. The van der Waals surface area contributed by atoms with Crippen molar-refractivity contribution in [2.24, 2.45) is 0 Å². The quantitative estimate of drug-likeness (QED) is 0.897. The number of benzene rings is 1. The molecule has 1 aromatic carbocycles. The predicted molar refractivity (Wildman–Crippen MR) is 81.4 cm³/mol. The van der Waals surface area contributed by atoms with Gasteiger partial charge in [0.15, 0.2) is 0 Å². The van der Waals surface area contributed by atoms with E-state index in [1.165, 1.54) is 28.6 Å². The first kappa shape index (κ1) is 13.4. The highest BCUT2D eigenvalue weighted by Crippen LogP contribution is 2.42. The summed E-state index contributed by atoms with van der Waals surface area (Å²) in [7, 11) is 1.97. The first-order chi connectivity index (χ1) is 9.19. The van der Waals surface area contributed by atoms with Crippen LogP contribution in [0.1, 0.15) is 31.2 Å². The Morgan fingerprint density at radius 3 is 2.58 bits per heavy atom. The Morgan fingerprint density at radius 1 is 1.32 bits per heavy atom. The summed E-state index contributed by atoms with van der Waals surface area (Å²) in [5, 5.41) is 13.1. The molecule has 2 aliphatic heterocycles. The average molecular weight is 325 g/mol. The normalized spacial score (nSPS) is 29.8. The van der Waals surface area contributed by atoms with Gasteiger partial charge in [0.1, 0.15) is 0 Å². The summed E-state index contributed by atoms with van der Waals surface area (Å²) in [6, 6.07) is 7.65. The molecule has 0 aliphatic carbocycles. The number of aliphatic hydroxyl groups is 1. The van der Waals surface area contributed by atoms with E-state index in [1.54, 1.807) is 0 Å². The van der Waals surface area contributed by atoms with Gasteiger partial charge in [-0.2, -0.15) is 0 Å². The molecule has 2 atom stereocenters. The number of nitrogens with zero attached hydrogens (tertiary/aromatic N) is 1. The molecule has 2 saturated heterocycles. The highest BCUT2D eigenvalue weighted by Gasteiger charge is 2.40. The molecule has 0 amide bonds. The molecule has 2 N–H and O–H groups in total. The van der Waals surface area contributed by atoms with Crippen LogP contribution in [0.2, 0.25) is 0 Å². The topological polar surface area (TPSA) is 35.5 Å². The van der Waals surface area contributed by atoms with Crippen LogP contribution in [0.3, 0.4) is 0 Å². The lowest BCUT2D eigenvalue weighted by Gasteiger charge is -2.39. The van der Waals surface area contributed by atoms with Crippen molar-refractivity contribution in [3.05, 3.63) is 28.2 Å². The van der Waals surface area contributed by atoms with Crippen molar-refractivity contribution in [1.29, 1.82) is 0 Å². The zero-order valence-electron chi connectivity index (χ0n) is 11.3. The maximum atomic E-state index is 9.89. The molecule has 0 saturated carbocycles. The van der Waals surface area contributed by atoms with Gasteiger partial charge in [0, 0.05) is 23.1 Å². The van der Waals surface area contributed by atoms with Gasteiger partial charge in [-0.1, -0.05) is 6.07 Å². The Labute approximate surface area is 123 Å². The van der Waals surface area contributed by atoms with Crippen molar-refractivity contribution in [3.8, 4) is 0 Å². The van der Waals surface area contributed by atoms with E-state index in [0.717, 1.165) is 19.4 Å². The summed E-state index contributed by atoms with van der Waals surface area (Å²) in [6.45, 7) is 0.893. The lowest BCUT2D eigenvalue weighted by Crippen LogP contribution is -2.45. The molecule has 104 valence electrons. The van der Waals surface area contributed by atoms with Gasteiger partial charge in [-0.3, -0.25) is 0 Å². The molecule has 4 heteroatoms. The first-order valence-electron chi connectivity index (χ1n) is 7.08. The maximum absolute atomic E-state index is 9.89. The molecule has 2 unspecified atom stereocenters. The molecule has 19 heavy (non-hydrogen) atoms. The van der Waals surface area contributed by atoms with Crippen LogP contribution in [0, 0.1) is 0 Å². The summed E-state index contributed by atoms with van der Waals surface area (Å²) >= 11 is 3.72. The van der Waals surface area contributed by atoms with Crippen LogP contribution in [-0.2, 0) is 6.54 Å². The van der Waals surface area contributed by atoms with Crippen molar-refractivity contribution >= 4 is 21.6 Å². The van der Waals surface area contributed by atoms with Crippen LogP contribution >= 0.6 is 15.9 Å². The SMILES string of the molecule is CNCc1ccc(N2C3CCC2CC(O)C3)c(Br)c1. The third kappa shape index (κ3) is 2.54. The molecule has 3 nitrogen and oxygen atoms in total. The van der Waals surface area contributed by atoms with Crippen LogP contribution in [0.4, 0.5) is 5.69 Å². The summed E-state index contributed by atoms with van der Waals surface area (Å²) in [4.78, 5) is 2.53. The van der Waals surface area contributed by atoms with Gasteiger partial charge in [0.05, 0.1) is 11.8 Å². The minimum absolute atomic E-state index is 0.101. The van der Waals surface area contributed by atoms with Crippen molar-refractivity contribution in [3.63, 3.8) is 0 Å². The van der Waals surface area contributed by atoms with Crippen molar-refractivity contribution in [2.45, 2.75) is 50.4 Å². The van der Waals surface area contributed by atoms with Crippen LogP contribution in [0.25, 0.3) is 0 Å². The number of hydrogen-bond donors (Lipinski definition) is 2. The number of halogens is 1. The minimum atomic E-state index is -0.101. The second-order valence-corrected chi connectivity index (χ2v) is 6.59. The molecule has 2 fully saturated rings. The molecule has 3 rings (SSSR count). The second-order valence-electron chi connectivity index (χ2n) is 5.73. The second kappa shape index (κ2) is 5.43. The van der Waals surface area contributed by atoms with Crippen LogP contribution in [0.15, 0.2) is 22.7 Å². The lowest BCUT2D eigenvalue weighted by molar-refractivity contribution is 0.126. The van der Waals surface area contributed by atoms with Crippen LogP contribution in [-0.4, -0.2) is 30.3 Å². The fourth-order valence-corrected chi connectivity index (χ4v) is 4.25. The van der Waals surface area contributed by atoms with E-state index in [-0.39, 0.29) is 6.10 Å². The maximum Gasteiger partial charge on any atom is 0.0579 e. The van der Waals surface area contributed by atoms with Crippen LogP contribution in [0.5, 0.6) is 0 Å². The van der Waals surface area contributed by atoms with Crippen molar-refractivity contribution in [1.82, 2.24) is 5.32 Å². The average Bonchev–Trinajstić information content (AvgIpc) is 2.63. The molecule has 0 radical (unpaired) electrons. The third-order valence-electron chi connectivity index (χ3n) is 4.38. The Bertz CT molecular complexity index is 451. The molecule has 2 bridgehead atoms. The van der Waals surface area contributed by atoms with Crippen molar-refractivity contribution < 1.29 is 5.11 Å². The molecular weight excluding hydrogens is 304 g/mol. The van der Waals surface area contributed by atoms with E-state index in [2.05, 4.69) is 44.3 Å². The fourth-order valence-electron chi connectivity index (χ4n) is 3.62. The van der Waals surface area contributed by atoms with E-state index in [9.17, 15) is 5.11 Å². The van der Waals surface area contributed by atoms with E-state index < -0.39 is 0 Å². The minimum Gasteiger partial charge on any atom is -0.393 e. The summed E-state index contributed by atoms with van der Waals surface area (Å²) in [5.41, 5.74) is 2.58. The van der Waals surface area contributed by atoms with E-state index in [1.807, 2.05) is 7.05 Å². The van der Waals surface area contributed by atoms with Gasteiger partial charge >= 0.3 is 0 Å². The Hall–Kier alpha value is -0.580. The van der Waals surface area contributed by atoms with Crippen molar-refractivity contribution in [2.75, 3.05) is 11.9 Å². The first-order valence-corrected chi connectivity index (χ1v) is 7.87. The number of hydrogen-bond acceptors (Lipinski definition) is 3. The lowest BCUT2D eigenvalue weighted by atomic mass is 9.99. The largest absolute Gasteiger partial charge is 0.393 e. The highest BCUT2D eigenvalue weighted by molar-refractivity contribution is 9.10. The molecule has 0 aromatic heterocycles. The van der Waals surface area contributed by atoms with Gasteiger partial charge in [-0.05, 0) is 66.4 Å². The van der Waals surface area contributed by atoms with E-state index >= 15 is 0 Å². The number of nitrogens with one attached hydrogen (secondary N) is 1. The van der Waals surface area contributed by atoms with Gasteiger partial charge in [0.2, 0.25) is 0 Å². The smallest absolute Gasteiger partial charge is 0.0579 e. The Balaban J connectivity index is 1.86.